The third kappa shape index (κ3) is 14.2. The standard InChI is InChI=1S/C13H20N2O4.CH4O/c1-15(13(19)7-5-10-16)9-4-2-3-6-12(18)14-8-11-17;1-2/h5,7,10-11H,2-4,6,8-9H2,1H3,(H,14,18);2H,1H3/b7-5-;. The van der Waals surface area contributed by atoms with E-state index in [0.717, 1.165) is 32.4 Å². The number of likely N-dealkylation sites (N-methyl/N-ethyl adjacent to an activating group) is 1. The highest BCUT2D eigenvalue weighted by atomic mass is 16.2. The lowest BCUT2D eigenvalue weighted by Crippen LogP contribution is -2.26. The van der Waals surface area contributed by atoms with Crippen LogP contribution in [0.3, 0.4) is 0 Å². The van der Waals surface area contributed by atoms with Gasteiger partial charge in [0.05, 0.1) is 6.54 Å². The third-order valence-corrected chi connectivity index (χ3v) is 2.47. The van der Waals surface area contributed by atoms with Gasteiger partial charge in [-0.3, -0.25) is 14.4 Å². The van der Waals surface area contributed by atoms with Crippen molar-refractivity contribution in [1.29, 1.82) is 0 Å². The molecular formula is C14H24N2O5. The van der Waals surface area contributed by atoms with Gasteiger partial charge in [0, 0.05) is 33.2 Å². The normalized spacial score (nSPS) is 9.48. The Morgan fingerprint density at radius 2 is 1.81 bits per heavy atom. The molecule has 0 fully saturated rings. The minimum absolute atomic E-state index is 0.0547. The summed E-state index contributed by atoms with van der Waals surface area (Å²) in [4.78, 5) is 44.1. The molecule has 0 saturated carbocycles. The summed E-state index contributed by atoms with van der Waals surface area (Å²) in [6.45, 7) is 0.636. The second-order valence-corrected chi connectivity index (χ2v) is 4.04. The van der Waals surface area contributed by atoms with Crippen molar-refractivity contribution in [3.8, 4) is 0 Å². The third-order valence-electron chi connectivity index (χ3n) is 2.47. The van der Waals surface area contributed by atoms with Crippen molar-refractivity contribution in [1.82, 2.24) is 10.2 Å². The average molecular weight is 300 g/mol. The van der Waals surface area contributed by atoms with E-state index in [-0.39, 0.29) is 18.4 Å². The molecule has 0 atom stereocenters. The lowest BCUT2D eigenvalue weighted by molar-refractivity contribution is -0.125. The maximum Gasteiger partial charge on any atom is 0.246 e. The first-order chi connectivity index (χ1) is 10.1. The van der Waals surface area contributed by atoms with Crippen LogP contribution in [0, 0.1) is 0 Å². The van der Waals surface area contributed by atoms with Crippen molar-refractivity contribution in [3.05, 3.63) is 12.2 Å². The second-order valence-electron chi connectivity index (χ2n) is 4.04. The summed E-state index contributed by atoms with van der Waals surface area (Å²) in [5.74, 6) is -0.346. The molecule has 0 saturated heterocycles. The van der Waals surface area contributed by atoms with Gasteiger partial charge in [0.2, 0.25) is 11.8 Å². The summed E-state index contributed by atoms with van der Waals surface area (Å²) in [6.07, 6.45) is 6.31. The van der Waals surface area contributed by atoms with Crippen LogP contribution in [0.5, 0.6) is 0 Å². The largest absolute Gasteiger partial charge is 0.400 e. The van der Waals surface area contributed by atoms with Crippen LogP contribution >= 0.6 is 0 Å². The van der Waals surface area contributed by atoms with E-state index < -0.39 is 0 Å². The number of allylic oxidation sites excluding steroid dienone is 1. The number of carbonyl (C=O) groups excluding carboxylic acids is 4. The maximum absolute atomic E-state index is 11.4. The average Bonchev–Trinajstić information content (AvgIpc) is 2.51. The maximum atomic E-state index is 11.4. The Kier molecular flexibility index (Phi) is 16.3. The number of nitrogens with zero attached hydrogens (tertiary/aromatic N) is 1. The molecule has 0 bridgehead atoms. The van der Waals surface area contributed by atoms with Gasteiger partial charge in [-0.2, -0.15) is 0 Å². The first-order valence-electron chi connectivity index (χ1n) is 6.63. The van der Waals surface area contributed by atoms with Gasteiger partial charge in [-0.1, -0.05) is 6.42 Å². The molecule has 0 aliphatic carbocycles. The number of rotatable bonds is 10. The Bertz CT molecular complexity index is 342. The molecule has 0 rings (SSSR count). The van der Waals surface area contributed by atoms with Gasteiger partial charge in [-0.15, -0.1) is 0 Å². The minimum Gasteiger partial charge on any atom is -0.400 e. The molecule has 0 aromatic rings. The smallest absolute Gasteiger partial charge is 0.246 e. The van der Waals surface area contributed by atoms with Crippen molar-refractivity contribution >= 4 is 24.4 Å². The Hall–Kier alpha value is -2.02. The van der Waals surface area contributed by atoms with E-state index in [9.17, 15) is 19.2 Å². The van der Waals surface area contributed by atoms with E-state index in [0.29, 0.717) is 25.5 Å². The van der Waals surface area contributed by atoms with Gasteiger partial charge < -0.3 is 20.1 Å². The van der Waals surface area contributed by atoms with Crippen LogP contribution in [-0.4, -0.2) is 61.6 Å². The predicted molar refractivity (Wildman–Crippen MR) is 78.5 cm³/mol. The van der Waals surface area contributed by atoms with Gasteiger partial charge in [0.15, 0.2) is 0 Å². The van der Waals surface area contributed by atoms with Crippen LogP contribution in [-0.2, 0) is 19.2 Å². The Balaban J connectivity index is 0. The summed E-state index contributed by atoms with van der Waals surface area (Å²) < 4.78 is 0. The van der Waals surface area contributed by atoms with Crippen LogP contribution in [0.4, 0.5) is 0 Å². The molecule has 2 amide bonds. The van der Waals surface area contributed by atoms with Crippen molar-refractivity contribution in [3.63, 3.8) is 0 Å². The molecule has 0 aromatic carbocycles. The minimum atomic E-state index is -0.212. The molecule has 0 radical (unpaired) electrons. The van der Waals surface area contributed by atoms with Crippen LogP contribution in [0.1, 0.15) is 25.7 Å². The SMILES string of the molecule is CN(CCCCCC(=O)NCC=O)C(=O)/C=C\C=O.CO. The molecule has 7 heteroatoms. The van der Waals surface area contributed by atoms with E-state index in [1.165, 1.54) is 11.0 Å². The van der Waals surface area contributed by atoms with E-state index in [1.54, 1.807) is 7.05 Å². The summed E-state index contributed by atoms with van der Waals surface area (Å²) in [5.41, 5.74) is 0. The Morgan fingerprint density at radius 1 is 1.14 bits per heavy atom. The number of aliphatic hydroxyl groups excluding tert-OH is 1. The number of nitrogens with one attached hydrogen (secondary N) is 1. The van der Waals surface area contributed by atoms with E-state index in [4.69, 9.17) is 5.11 Å². The summed E-state index contributed by atoms with van der Waals surface area (Å²) in [5, 5.41) is 9.46. The topological polar surface area (TPSA) is 104 Å². The monoisotopic (exact) mass is 300 g/mol. The highest BCUT2D eigenvalue weighted by Gasteiger charge is 2.04. The number of hydrogen-bond donors (Lipinski definition) is 2. The van der Waals surface area contributed by atoms with Gasteiger partial charge in [-0.05, 0) is 18.9 Å². The molecule has 21 heavy (non-hydrogen) atoms. The first-order valence-corrected chi connectivity index (χ1v) is 6.63. The zero-order valence-electron chi connectivity index (χ0n) is 12.6. The molecule has 0 unspecified atom stereocenters. The van der Waals surface area contributed by atoms with Crippen molar-refractivity contribution in [2.75, 3.05) is 27.2 Å². The number of unbranched alkanes of at least 4 members (excludes halogenated alkanes) is 2. The number of carbonyl (C=O) groups is 4. The fraction of sp³-hybridized carbons (Fsp3) is 0.571. The van der Waals surface area contributed by atoms with Crippen LogP contribution in [0.15, 0.2) is 12.2 Å². The van der Waals surface area contributed by atoms with Gasteiger partial charge in [-0.25, -0.2) is 0 Å². The first kappa shape index (κ1) is 21.3. The van der Waals surface area contributed by atoms with E-state index in [1.807, 2.05) is 0 Å². The fourth-order valence-corrected chi connectivity index (χ4v) is 1.41. The van der Waals surface area contributed by atoms with Crippen LogP contribution in [0.25, 0.3) is 0 Å². The zero-order valence-corrected chi connectivity index (χ0v) is 12.6. The van der Waals surface area contributed by atoms with Crippen LogP contribution < -0.4 is 5.32 Å². The molecule has 0 aromatic heterocycles. The van der Waals surface area contributed by atoms with Crippen molar-refractivity contribution in [2.24, 2.45) is 0 Å². The summed E-state index contributed by atoms with van der Waals surface area (Å²) in [6, 6.07) is 0. The number of amides is 2. The van der Waals surface area contributed by atoms with Crippen molar-refractivity contribution in [2.45, 2.75) is 25.7 Å². The highest BCUT2D eigenvalue weighted by Crippen LogP contribution is 2.01. The van der Waals surface area contributed by atoms with Gasteiger partial charge in [0.25, 0.3) is 0 Å². The lowest BCUT2D eigenvalue weighted by Gasteiger charge is -2.14. The molecule has 120 valence electrons. The summed E-state index contributed by atoms with van der Waals surface area (Å²) in [7, 11) is 2.66. The number of aldehydes is 2. The lowest BCUT2D eigenvalue weighted by atomic mass is 10.2. The van der Waals surface area contributed by atoms with E-state index >= 15 is 0 Å². The second kappa shape index (κ2) is 16.0. The fourth-order valence-electron chi connectivity index (χ4n) is 1.41. The molecule has 0 aliphatic rings. The molecule has 2 N–H and O–H groups in total. The molecule has 0 heterocycles. The van der Waals surface area contributed by atoms with E-state index in [2.05, 4.69) is 5.32 Å². The zero-order chi connectivity index (χ0) is 16.5. The number of hydrogen-bond acceptors (Lipinski definition) is 5. The predicted octanol–water partition coefficient (Wildman–Crippen LogP) is -0.316. The molecule has 0 aliphatic heterocycles. The van der Waals surface area contributed by atoms with Crippen LogP contribution in [0.2, 0.25) is 0 Å². The molecule has 7 nitrogen and oxygen atoms in total. The van der Waals surface area contributed by atoms with Crippen molar-refractivity contribution < 1.29 is 24.3 Å². The molecule has 0 spiro atoms. The van der Waals surface area contributed by atoms with Gasteiger partial charge in [0.1, 0.15) is 12.6 Å². The Labute approximate surface area is 125 Å². The molecular weight excluding hydrogens is 276 g/mol. The number of aliphatic hydroxyl groups is 1. The summed E-state index contributed by atoms with van der Waals surface area (Å²) >= 11 is 0. The highest BCUT2D eigenvalue weighted by molar-refractivity contribution is 5.90. The Morgan fingerprint density at radius 3 is 2.38 bits per heavy atom. The quantitative estimate of drug-likeness (QED) is 0.327. The van der Waals surface area contributed by atoms with Gasteiger partial charge >= 0.3 is 0 Å².